The number of halogens is 1. The summed E-state index contributed by atoms with van der Waals surface area (Å²) in [6.07, 6.45) is 3.40. The van der Waals surface area contributed by atoms with Gasteiger partial charge in [-0.25, -0.2) is 4.79 Å². The van der Waals surface area contributed by atoms with Crippen molar-refractivity contribution >= 4 is 23.3 Å². The first-order valence-corrected chi connectivity index (χ1v) is 6.88. The van der Waals surface area contributed by atoms with Crippen molar-refractivity contribution in [3.05, 3.63) is 28.8 Å². The summed E-state index contributed by atoms with van der Waals surface area (Å²) in [6.45, 7) is 0.673. The number of carbonyl (C=O) groups is 1. The van der Waals surface area contributed by atoms with Crippen LogP contribution in [0.15, 0.2) is 18.2 Å². The number of nitrogens with two attached hydrogens (primary N) is 1. The summed E-state index contributed by atoms with van der Waals surface area (Å²) in [5, 5.41) is 4.02. The third-order valence-corrected chi connectivity index (χ3v) is 4.02. The van der Waals surface area contributed by atoms with Crippen LogP contribution < -0.4 is 11.1 Å². The van der Waals surface area contributed by atoms with E-state index in [1.807, 2.05) is 0 Å². The molecule has 3 N–H and O–H groups in total. The molecule has 0 saturated heterocycles. The number of hydrogen-bond donors (Lipinski definition) is 2. The number of methoxy groups -OCH3 is 1. The highest BCUT2D eigenvalue weighted by molar-refractivity contribution is 6.33. The Kier molecular flexibility index (Phi) is 4.66. The Labute approximate surface area is 118 Å². The van der Waals surface area contributed by atoms with E-state index in [0.717, 1.165) is 18.5 Å². The molecule has 0 amide bonds. The highest BCUT2D eigenvalue weighted by Gasteiger charge is 2.26. The quantitative estimate of drug-likeness (QED) is 0.834. The molecule has 0 aromatic heterocycles. The summed E-state index contributed by atoms with van der Waals surface area (Å²) in [5.41, 5.74) is 7.04. The summed E-state index contributed by atoms with van der Waals surface area (Å²) < 4.78 is 4.71. The van der Waals surface area contributed by atoms with Crippen LogP contribution in [0.5, 0.6) is 0 Å². The summed E-state index contributed by atoms with van der Waals surface area (Å²) in [6, 6.07) is 5.44. The Morgan fingerprint density at radius 2 is 2.32 bits per heavy atom. The second-order valence-electron chi connectivity index (χ2n) is 4.86. The fourth-order valence-corrected chi connectivity index (χ4v) is 2.76. The first kappa shape index (κ1) is 14.2. The third-order valence-electron chi connectivity index (χ3n) is 3.69. The molecular formula is C14H19ClN2O2. The Morgan fingerprint density at radius 3 is 3.00 bits per heavy atom. The zero-order chi connectivity index (χ0) is 13.8. The molecule has 1 aliphatic rings. The lowest BCUT2D eigenvalue weighted by Crippen LogP contribution is -2.29. The minimum Gasteiger partial charge on any atom is -0.465 e. The highest BCUT2D eigenvalue weighted by atomic mass is 35.5. The summed E-state index contributed by atoms with van der Waals surface area (Å²) in [5.74, 6) is 0.111. The fraction of sp³-hybridized carbons (Fsp3) is 0.500. The molecule has 0 heterocycles. The van der Waals surface area contributed by atoms with Crippen molar-refractivity contribution in [2.75, 3.05) is 19.0 Å². The maximum Gasteiger partial charge on any atom is 0.337 e. The van der Waals surface area contributed by atoms with Crippen LogP contribution in [-0.4, -0.2) is 25.7 Å². The largest absolute Gasteiger partial charge is 0.465 e. The second kappa shape index (κ2) is 6.26. The molecule has 0 bridgehead atoms. The van der Waals surface area contributed by atoms with Crippen molar-refractivity contribution in [3.8, 4) is 0 Å². The van der Waals surface area contributed by atoms with Crippen molar-refractivity contribution < 1.29 is 9.53 Å². The summed E-state index contributed by atoms with van der Waals surface area (Å²) >= 11 is 6.17. The van der Waals surface area contributed by atoms with Crippen LogP contribution >= 0.6 is 11.6 Å². The Morgan fingerprint density at radius 1 is 1.53 bits per heavy atom. The van der Waals surface area contributed by atoms with Crippen LogP contribution in [0.2, 0.25) is 5.02 Å². The van der Waals surface area contributed by atoms with Crippen LogP contribution in [0, 0.1) is 5.92 Å². The van der Waals surface area contributed by atoms with E-state index in [0.29, 0.717) is 29.1 Å². The molecular weight excluding hydrogens is 264 g/mol. The van der Waals surface area contributed by atoms with Gasteiger partial charge in [-0.1, -0.05) is 18.0 Å². The molecule has 1 aliphatic carbocycles. The lowest BCUT2D eigenvalue weighted by molar-refractivity contribution is 0.0601. The van der Waals surface area contributed by atoms with Crippen molar-refractivity contribution in [2.45, 2.75) is 25.3 Å². The first-order valence-electron chi connectivity index (χ1n) is 6.50. The average Bonchev–Trinajstić information content (AvgIpc) is 2.87. The fourth-order valence-electron chi connectivity index (χ4n) is 2.59. The van der Waals surface area contributed by atoms with E-state index in [4.69, 9.17) is 22.1 Å². The van der Waals surface area contributed by atoms with Crippen LogP contribution in [-0.2, 0) is 4.74 Å². The van der Waals surface area contributed by atoms with E-state index in [9.17, 15) is 4.79 Å². The van der Waals surface area contributed by atoms with Gasteiger partial charge in [-0.2, -0.15) is 0 Å². The van der Waals surface area contributed by atoms with Crippen molar-refractivity contribution in [3.63, 3.8) is 0 Å². The smallest absolute Gasteiger partial charge is 0.337 e. The number of carbonyl (C=O) groups excluding carboxylic acids is 1. The molecule has 0 radical (unpaired) electrons. The zero-order valence-corrected chi connectivity index (χ0v) is 11.7. The van der Waals surface area contributed by atoms with E-state index in [1.165, 1.54) is 13.5 Å². The van der Waals surface area contributed by atoms with Crippen molar-refractivity contribution in [2.24, 2.45) is 11.7 Å². The van der Waals surface area contributed by atoms with Crippen LogP contribution in [0.4, 0.5) is 5.69 Å². The number of nitrogens with one attached hydrogen (secondary N) is 1. The third kappa shape index (κ3) is 3.19. The maximum absolute atomic E-state index is 11.5. The van der Waals surface area contributed by atoms with Crippen molar-refractivity contribution in [1.82, 2.24) is 0 Å². The van der Waals surface area contributed by atoms with E-state index >= 15 is 0 Å². The number of ether oxygens (including phenoxy) is 1. The van der Waals surface area contributed by atoms with Gasteiger partial charge in [0.2, 0.25) is 0 Å². The van der Waals surface area contributed by atoms with Gasteiger partial charge in [0.25, 0.3) is 0 Å². The molecule has 0 spiro atoms. The van der Waals surface area contributed by atoms with Gasteiger partial charge >= 0.3 is 5.97 Å². The molecule has 1 fully saturated rings. The van der Waals surface area contributed by atoms with Gasteiger partial charge in [0.05, 0.1) is 23.4 Å². The molecule has 5 heteroatoms. The monoisotopic (exact) mass is 282 g/mol. The van der Waals surface area contributed by atoms with Crippen LogP contribution in [0.1, 0.15) is 29.6 Å². The number of anilines is 1. The van der Waals surface area contributed by atoms with E-state index < -0.39 is 0 Å². The lowest BCUT2D eigenvalue weighted by Gasteiger charge is -2.21. The predicted octanol–water partition coefficient (Wildman–Crippen LogP) is 2.67. The van der Waals surface area contributed by atoms with Gasteiger partial charge in [0, 0.05) is 6.04 Å². The first-order chi connectivity index (χ1) is 9.15. The van der Waals surface area contributed by atoms with Gasteiger partial charge in [0.15, 0.2) is 0 Å². The van der Waals surface area contributed by atoms with Crippen LogP contribution in [0.3, 0.4) is 0 Å². The molecule has 2 rings (SSSR count). The average molecular weight is 283 g/mol. The number of esters is 1. The van der Waals surface area contributed by atoms with E-state index in [2.05, 4.69) is 5.32 Å². The molecule has 19 heavy (non-hydrogen) atoms. The molecule has 4 nitrogen and oxygen atoms in total. The number of rotatable bonds is 4. The topological polar surface area (TPSA) is 64.3 Å². The maximum atomic E-state index is 11.5. The Balaban J connectivity index is 2.17. The molecule has 2 atom stereocenters. The molecule has 1 aromatic carbocycles. The summed E-state index contributed by atoms with van der Waals surface area (Å²) in [7, 11) is 1.37. The normalized spacial score (nSPS) is 22.3. The van der Waals surface area contributed by atoms with Gasteiger partial charge in [-0.05, 0) is 43.5 Å². The van der Waals surface area contributed by atoms with Gasteiger partial charge < -0.3 is 15.8 Å². The van der Waals surface area contributed by atoms with Crippen molar-refractivity contribution in [1.29, 1.82) is 0 Å². The molecule has 1 saturated carbocycles. The summed E-state index contributed by atoms with van der Waals surface area (Å²) in [4.78, 5) is 11.5. The minimum absolute atomic E-state index is 0.329. The lowest BCUT2D eigenvalue weighted by atomic mass is 10.0. The van der Waals surface area contributed by atoms with Crippen LogP contribution in [0.25, 0.3) is 0 Å². The van der Waals surface area contributed by atoms with Gasteiger partial charge in [-0.15, -0.1) is 0 Å². The zero-order valence-electron chi connectivity index (χ0n) is 11.0. The molecule has 0 aliphatic heterocycles. The number of benzene rings is 1. The van der Waals surface area contributed by atoms with E-state index in [1.54, 1.807) is 18.2 Å². The minimum atomic E-state index is -0.360. The second-order valence-corrected chi connectivity index (χ2v) is 5.27. The molecule has 104 valence electrons. The Bertz CT molecular complexity index is 465. The Hall–Kier alpha value is -1.26. The predicted molar refractivity (Wildman–Crippen MR) is 76.6 cm³/mol. The van der Waals surface area contributed by atoms with Gasteiger partial charge in [0.1, 0.15) is 0 Å². The van der Waals surface area contributed by atoms with E-state index in [-0.39, 0.29) is 5.97 Å². The molecule has 2 unspecified atom stereocenters. The molecule has 1 aromatic rings. The van der Waals surface area contributed by atoms with Gasteiger partial charge in [-0.3, -0.25) is 0 Å². The number of hydrogen-bond acceptors (Lipinski definition) is 4. The highest BCUT2D eigenvalue weighted by Crippen LogP contribution is 2.31. The SMILES string of the molecule is COC(=O)c1ccc(Cl)c(NC2CCCC2CN)c1. The standard InChI is InChI=1S/C14H19ClN2O2/c1-19-14(18)9-5-6-11(15)13(7-9)17-12-4-2-3-10(12)8-16/h5-7,10,12,17H,2-4,8,16H2,1H3.